The predicted octanol–water partition coefficient (Wildman–Crippen LogP) is 3.20. The van der Waals surface area contributed by atoms with Crippen LogP contribution in [0.15, 0.2) is 29.2 Å². The number of nitrogens with zero attached hydrogens (tertiary/aromatic N) is 5. The molecule has 0 atom stereocenters. The lowest BCUT2D eigenvalue weighted by Crippen LogP contribution is -2.48. The van der Waals surface area contributed by atoms with Crippen LogP contribution in [0.25, 0.3) is 11.4 Å². The molecule has 3 rings (SSSR count). The molecule has 1 aromatic carbocycles. The SMILES string of the molecule is CSc1ccc(-c2nc(N3CCN(CCO)CC3)nc(C(Cl)(Cl)Cl)n2)cc1. The van der Waals surface area contributed by atoms with E-state index in [-0.39, 0.29) is 12.4 Å². The van der Waals surface area contributed by atoms with Gasteiger partial charge in [0.2, 0.25) is 9.74 Å². The highest BCUT2D eigenvalue weighted by molar-refractivity contribution is 7.98. The minimum atomic E-state index is -1.73. The number of aromatic nitrogens is 3. The maximum Gasteiger partial charge on any atom is 0.250 e. The number of β-amino-alcohol motifs (C(OH)–C–C–N with tert-alkyl or cyclic N) is 1. The van der Waals surface area contributed by atoms with Crippen LogP contribution in [0.3, 0.4) is 0 Å². The fourth-order valence-corrected chi connectivity index (χ4v) is 3.48. The summed E-state index contributed by atoms with van der Waals surface area (Å²) in [7, 11) is 0. The van der Waals surface area contributed by atoms with E-state index in [1.165, 1.54) is 0 Å². The molecule has 0 radical (unpaired) electrons. The van der Waals surface area contributed by atoms with Gasteiger partial charge in [-0.25, -0.2) is 4.98 Å². The lowest BCUT2D eigenvalue weighted by Gasteiger charge is -2.34. The Kier molecular flexibility index (Phi) is 7.05. The van der Waals surface area contributed by atoms with Crippen LogP contribution in [0.5, 0.6) is 0 Å². The second-order valence-electron chi connectivity index (χ2n) is 6.06. The summed E-state index contributed by atoms with van der Waals surface area (Å²) >= 11 is 19.8. The van der Waals surface area contributed by atoms with E-state index in [2.05, 4.69) is 24.8 Å². The second kappa shape index (κ2) is 9.11. The average Bonchev–Trinajstić information content (AvgIpc) is 2.68. The first kappa shape index (κ1) is 20.9. The number of halogens is 3. The van der Waals surface area contributed by atoms with Gasteiger partial charge in [0.15, 0.2) is 11.6 Å². The zero-order valence-corrected chi connectivity index (χ0v) is 17.9. The maximum absolute atomic E-state index is 9.09. The molecule has 0 bridgehead atoms. The van der Waals surface area contributed by atoms with Crippen molar-refractivity contribution < 1.29 is 5.11 Å². The number of aliphatic hydroxyl groups is 1. The predicted molar refractivity (Wildman–Crippen MR) is 112 cm³/mol. The van der Waals surface area contributed by atoms with E-state index in [0.29, 0.717) is 18.3 Å². The number of alkyl halides is 3. The van der Waals surface area contributed by atoms with Gasteiger partial charge in [-0.05, 0) is 18.4 Å². The Hall–Kier alpha value is -0.830. The van der Waals surface area contributed by atoms with Crippen LogP contribution in [-0.4, -0.2) is 70.5 Å². The fourth-order valence-electron chi connectivity index (χ4n) is 2.82. The van der Waals surface area contributed by atoms with Gasteiger partial charge in [0.25, 0.3) is 0 Å². The number of hydrogen-bond acceptors (Lipinski definition) is 7. The largest absolute Gasteiger partial charge is 0.395 e. The lowest BCUT2D eigenvalue weighted by molar-refractivity contribution is 0.188. The van der Waals surface area contributed by atoms with Gasteiger partial charge in [-0.2, -0.15) is 9.97 Å². The Labute approximate surface area is 177 Å². The van der Waals surface area contributed by atoms with Crippen LogP contribution >= 0.6 is 46.6 Å². The highest BCUT2D eigenvalue weighted by atomic mass is 35.6. The van der Waals surface area contributed by atoms with Crippen LogP contribution in [0.2, 0.25) is 0 Å². The normalized spacial score (nSPS) is 16.0. The molecule has 1 aliphatic heterocycles. The molecule has 0 amide bonds. The highest BCUT2D eigenvalue weighted by Crippen LogP contribution is 2.37. The van der Waals surface area contributed by atoms with Crippen LogP contribution < -0.4 is 4.90 Å². The standard InChI is InChI=1S/C17H20Cl3N5OS/c1-27-13-4-2-12(3-5-13)14-21-15(17(18,19)20)23-16(22-14)25-8-6-24(7-9-25)10-11-26/h2-5,26H,6-11H2,1H3. The third kappa shape index (κ3) is 5.37. The third-order valence-electron chi connectivity index (χ3n) is 4.30. The number of thioether (sulfide) groups is 1. The molecule has 27 heavy (non-hydrogen) atoms. The van der Waals surface area contributed by atoms with Crippen molar-refractivity contribution in [1.82, 2.24) is 19.9 Å². The van der Waals surface area contributed by atoms with Crippen LogP contribution in [0, 0.1) is 0 Å². The molecular formula is C17H20Cl3N5OS. The fraction of sp³-hybridized carbons (Fsp3) is 0.471. The molecule has 0 spiro atoms. The molecule has 146 valence electrons. The lowest BCUT2D eigenvalue weighted by atomic mass is 10.2. The van der Waals surface area contributed by atoms with Crippen molar-refractivity contribution in [3.05, 3.63) is 30.1 Å². The zero-order valence-electron chi connectivity index (χ0n) is 14.8. The summed E-state index contributed by atoms with van der Waals surface area (Å²) in [6, 6.07) is 7.91. The zero-order chi connectivity index (χ0) is 19.4. The van der Waals surface area contributed by atoms with Crippen LogP contribution in [-0.2, 0) is 3.79 Å². The van der Waals surface area contributed by atoms with E-state index in [4.69, 9.17) is 39.9 Å². The van der Waals surface area contributed by atoms with E-state index in [9.17, 15) is 0 Å². The molecule has 1 fully saturated rings. The van der Waals surface area contributed by atoms with Crippen molar-refractivity contribution in [3.8, 4) is 11.4 Å². The third-order valence-corrected chi connectivity index (χ3v) is 5.55. The minimum absolute atomic E-state index is 0.110. The molecule has 0 unspecified atom stereocenters. The summed E-state index contributed by atoms with van der Waals surface area (Å²) in [6.45, 7) is 3.90. The van der Waals surface area contributed by atoms with Gasteiger partial charge in [0.1, 0.15) is 0 Å². The molecule has 0 saturated carbocycles. The van der Waals surface area contributed by atoms with E-state index in [1.807, 2.05) is 30.5 Å². The molecule has 6 nitrogen and oxygen atoms in total. The van der Waals surface area contributed by atoms with Crippen molar-refractivity contribution >= 4 is 52.5 Å². The van der Waals surface area contributed by atoms with Crippen molar-refractivity contribution in [1.29, 1.82) is 0 Å². The average molecular weight is 449 g/mol. The topological polar surface area (TPSA) is 65.4 Å². The maximum atomic E-state index is 9.09. The molecule has 0 aliphatic carbocycles. The summed E-state index contributed by atoms with van der Waals surface area (Å²) in [5.74, 6) is 1.09. The molecule has 1 saturated heterocycles. The first-order chi connectivity index (χ1) is 12.9. The van der Waals surface area contributed by atoms with E-state index >= 15 is 0 Å². The van der Waals surface area contributed by atoms with Gasteiger partial charge in [0.05, 0.1) is 6.61 Å². The molecule has 1 aromatic heterocycles. The quantitative estimate of drug-likeness (QED) is 0.556. The van der Waals surface area contributed by atoms with Gasteiger partial charge in [0, 0.05) is 43.2 Å². The van der Waals surface area contributed by atoms with E-state index < -0.39 is 3.79 Å². The van der Waals surface area contributed by atoms with E-state index in [1.54, 1.807) is 11.8 Å². The Morgan fingerprint density at radius 3 is 2.26 bits per heavy atom. The smallest absolute Gasteiger partial charge is 0.250 e. The summed E-state index contributed by atoms with van der Waals surface area (Å²) in [5.41, 5.74) is 0.839. The van der Waals surface area contributed by atoms with Crippen molar-refractivity contribution in [2.75, 3.05) is 50.5 Å². The Morgan fingerprint density at radius 2 is 1.70 bits per heavy atom. The number of anilines is 1. The number of hydrogen-bond donors (Lipinski definition) is 1. The minimum Gasteiger partial charge on any atom is -0.395 e. The van der Waals surface area contributed by atoms with Crippen molar-refractivity contribution in [2.45, 2.75) is 8.69 Å². The Bertz CT molecular complexity index is 764. The first-order valence-electron chi connectivity index (χ1n) is 8.46. The molecule has 2 aromatic rings. The van der Waals surface area contributed by atoms with Gasteiger partial charge in [-0.3, -0.25) is 4.90 Å². The first-order valence-corrected chi connectivity index (χ1v) is 10.8. The number of rotatable bonds is 5. The number of aliphatic hydroxyl groups excluding tert-OH is 1. The van der Waals surface area contributed by atoms with Gasteiger partial charge in [-0.15, -0.1) is 11.8 Å². The molecule has 1 N–H and O–H groups in total. The van der Waals surface area contributed by atoms with Crippen LogP contribution in [0.1, 0.15) is 5.82 Å². The number of benzene rings is 1. The number of piperazine rings is 1. The molecule has 2 heterocycles. The van der Waals surface area contributed by atoms with Crippen molar-refractivity contribution in [3.63, 3.8) is 0 Å². The molecule has 1 aliphatic rings. The summed E-state index contributed by atoms with van der Waals surface area (Å²) < 4.78 is -1.73. The van der Waals surface area contributed by atoms with Gasteiger partial charge < -0.3 is 10.0 Å². The monoisotopic (exact) mass is 447 g/mol. The molecule has 10 heteroatoms. The highest BCUT2D eigenvalue weighted by Gasteiger charge is 2.30. The summed E-state index contributed by atoms with van der Waals surface area (Å²) in [5, 5.41) is 9.09. The Balaban J connectivity index is 1.91. The summed E-state index contributed by atoms with van der Waals surface area (Å²) in [6.07, 6.45) is 2.02. The Morgan fingerprint density at radius 1 is 1.04 bits per heavy atom. The molecular weight excluding hydrogens is 429 g/mol. The van der Waals surface area contributed by atoms with Crippen molar-refractivity contribution in [2.24, 2.45) is 0 Å². The second-order valence-corrected chi connectivity index (χ2v) is 9.22. The van der Waals surface area contributed by atoms with Gasteiger partial charge >= 0.3 is 0 Å². The summed E-state index contributed by atoms with van der Waals surface area (Å²) in [4.78, 5) is 18.8. The van der Waals surface area contributed by atoms with E-state index in [0.717, 1.165) is 36.6 Å². The van der Waals surface area contributed by atoms with Gasteiger partial charge in [-0.1, -0.05) is 46.9 Å². The van der Waals surface area contributed by atoms with Crippen LogP contribution in [0.4, 0.5) is 5.95 Å².